The van der Waals surface area contributed by atoms with Gasteiger partial charge in [-0.1, -0.05) is 24.3 Å². The highest BCUT2D eigenvalue weighted by atomic mass is 32.1. The molecule has 0 saturated heterocycles. The van der Waals surface area contributed by atoms with Crippen molar-refractivity contribution in [2.24, 2.45) is 0 Å². The van der Waals surface area contributed by atoms with Crippen LogP contribution in [-0.4, -0.2) is 36.6 Å². The monoisotopic (exact) mass is 415 g/mol. The summed E-state index contributed by atoms with van der Waals surface area (Å²) in [6.07, 6.45) is -0.0660. The third-order valence-electron chi connectivity index (χ3n) is 3.55. The van der Waals surface area contributed by atoms with Gasteiger partial charge in [-0.05, 0) is 42.5 Å². The van der Waals surface area contributed by atoms with Crippen molar-refractivity contribution in [1.29, 1.82) is 0 Å². The highest BCUT2D eigenvalue weighted by Crippen LogP contribution is 2.15. The molecule has 0 aromatic heterocycles. The van der Waals surface area contributed by atoms with E-state index < -0.39 is 11.9 Å². The summed E-state index contributed by atoms with van der Waals surface area (Å²) in [7, 11) is 1.26. The van der Waals surface area contributed by atoms with Gasteiger partial charge in [-0.15, -0.1) is 0 Å². The number of nitrogens with one attached hydrogen (secondary N) is 3. The Morgan fingerprint density at radius 1 is 0.897 bits per heavy atom. The van der Waals surface area contributed by atoms with Gasteiger partial charge in [0.2, 0.25) is 5.91 Å². The fourth-order valence-corrected chi connectivity index (χ4v) is 2.44. The van der Waals surface area contributed by atoms with Crippen molar-refractivity contribution < 1.29 is 23.9 Å². The zero-order chi connectivity index (χ0) is 21.1. The van der Waals surface area contributed by atoms with Crippen LogP contribution in [0, 0.1) is 0 Å². The molecule has 3 N–H and O–H groups in total. The van der Waals surface area contributed by atoms with E-state index in [4.69, 9.17) is 17.0 Å². The van der Waals surface area contributed by atoms with Gasteiger partial charge in [0.05, 0.1) is 13.5 Å². The normalized spacial score (nSPS) is 9.83. The van der Waals surface area contributed by atoms with Crippen LogP contribution in [0.5, 0.6) is 5.75 Å². The number of esters is 1. The number of hydrogen-bond donors (Lipinski definition) is 3. The second kappa shape index (κ2) is 11.4. The maximum absolute atomic E-state index is 12.0. The molecule has 0 saturated carbocycles. The molecule has 2 aromatic rings. The predicted molar refractivity (Wildman–Crippen MR) is 113 cm³/mol. The number of hydrogen-bond acceptors (Lipinski definition) is 6. The van der Waals surface area contributed by atoms with E-state index >= 15 is 0 Å². The molecule has 0 heterocycles. The Labute approximate surface area is 173 Å². The molecule has 8 nitrogen and oxygen atoms in total. The molecule has 0 spiro atoms. The molecule has 0 aliphatic heterocycles. The molecular formula is C20H21N3O5S. The highest BCUT2D eigenvalue weighted by molar-refractivity contribution is 7.80. The fraction of sp³-hybridized carbons (Fsp3) is 0.200. The Bertz CT molecular complexity index is 873. The van der Waals surface area contributed by atoms with Crippen LogP contribution < -0.4 is 20.7 Å². The minimum atomic E-state index is -0.473. The summed E-state index contributed by atoms with van der Waals surface area (Å²) in [5, 5.41) is 8.12. The molecule has 0 aliphatic carbocycles. The topological polar surface area (TPSA) is 106 Å². The van der Waals surface area contributed by atoms with Gasteiger partial charge < -0.3 is 25.4 Å². The third kappa shape index (κ3) is 8.39. The van der Waals surface area contributed by atoms with Gasteiger partial charge in [-0.3, -0.25) is 14.4 Å². The van der Waals surface area contributed by atoms with E-state index in [1.807, 2.05) is 18.2 Å². The van der Waals surface area contributed by atoms with Crippen molar-refractivity contribution in [2.75, 3.05) is 24.4 Å². The van der Waals surface area contributed by atoms with Crippen molar-refractivity contribution in [2.45, 2.75) is 12.8 Å². The molecule has 2 rings (SSSR count). The van der Waals surface area contributed by atoms with Crippen LogP contribution in [0.2, 0.25) is 0 Å². The van der Waals surface area contributed by atoms with Crippen molar-refractivity contribution in [3.05, 3.63) is 54.6 Å². The number of amides is 2. The summed E-state index contributed by atoms with van der Waals surface area (Å²) in [5.41, 5.74) is 1.11. The molecule has 2 aromatic carbocycles. The van der Waals surface area contributed by atoms with Crippen LogP contribution in [0.3, 0.4) is 0 Å². The minimum Gasteiger partial charge on any atom is -0.484 e. The van der Waals surface area contributed by atoms with E-state index in [0.29, 0.717) is 17.1 Å². The van der Waals surface area contributed by atoms with Crippen LogP contribution in [0.15, 0.2) is 54.6 Å². The highest BCUT2D eigenvalue weighted by Gasteiger charge is 2.09. The van der Waals surface area contributed by atoms with Gasteiger partial charge in [0.25, 0.3) is 5.91 Å². The van der Waals surface area contributed by atoms with Crippen LogP contribution in [0.1, 0.15) is 12.8 Å². The quantitative estimate of drug-likeness (QED) is 0.449. The summed E-state index contributed by atoms with van der Waals surface area (Å²) in [6, 6.07) is 15.8. The Kier molecular flexibility index (Phi) is 8.58. The third-order valence-corrected chi connectivity index (χ3v) is 3.76. The summed E-state index contributed by atoms with van der Waals surface area (Å²) in [6.45, 7) is -0.129. The average Bonchev–Trinajstić information content (AvgIpc) is 2.71. The number of para-hydroxylation sites is 1. The molecule has 0 fully saturated rings. The van der Waals surface area contributed by atoms with E-state index in [9.17, 15) is 14.4 Å². The number of methoxy groups -OCH3 is 1. The summed E-state index contributed by atoms with van der Waals surface area (Å²) >= 11 is 5.08. The lowest BCUT2D eigenvalue weighted by Crippen LogP contribution is -2.34. The number of ether oxygens (including phenoxy) is 2. The lowest BCUT2D eigenvalue weighted by atomic mass is 10.2. The van der Waals surface area contributed by atoms with Crippen molar-refractivity contribution in [1.82, 2.24) is 5.32 Å². The molecule has 0 atom stereocenters. The molecule has 9 heteroatoms. The molecule has 0 unspecified atom stereocenters. The molecule has 29 heavy (non-hydrogen) atoms. The first-order chi connectivity index (χ1) is 14.0. The number of carbonyl (C=O) groups excluding carboxylic acids is 3. The van der Waals surface area contributed by atoms with Gasteiger partial charge in [0.15, 0.2) is 11.7 Å². The van der Waals surface area contributed by atoms with Crippen LogP contribution in [-0.2, 0) is 19.1 Å². The van der Waals surface area contributed by atoms with Gasteiger partial charge in [-0.25, -0.2) is 0 Å². The van der Waals surface area contributed by atoms with Gasteiger partial charge in [0, 0.05) is 17.8 Å². The van der Waals surface area contributed by atoms with Gasteiger partial charge in [0.1, 0.15) is 5.75 Å². The first-order valence-corrected chi connectivity index (χ1v) is 9.12. The van der Waals surface area contributed by atoms with E-state index in [1.54, 1.807) is 36.4 Å². The fourth-order valence-electron chi connectivity index (χ4n) is 2.21. The Balaban J connectivity index is 1.80. The van der Waals surface area contributed by atoms with E-state index in [1.165, 1.54) is 7.11 Å². The molecule has 2 amide bonds. The number of benzene rings is 2. The Morgan fingerprint density at radius 3 is 2.28 bits per heavy atom. The van der Waals surface area contributed by atoms with Crippen molar-refractivity contribution in [3.8, 4) is 5.75 Å². The maximum atomic E-state index is 12.0. The number of anilines is 2. The zero-order valence-electron chi connectivity index (χ0n) is 15.8. The van der Waals surface area contributed by atoms with Crippen LogP contribution >= 0.6 is 12.2 Å². The average molecular weight is 415 g/mol. The second-order valence-electron chi connectivity index (χ2n) is 5.81. The van der Waals surface area contributed by atoms with Crippen LogP contribution in [0.25, 0.3) is 0 Å². The second-order valence-corrected chi connectivity index (χ2v) is 6.22. The number of thiocarbonyl (C=S) groups is 1. The number of rotatable bonds is 8. The summed E-state index contributed by atoms with van der Waals surface area (Å²) in [4.78, 5) is 34.8. The lowest BCUT2D eigenvalue weighted by molar-refractivity contribution is -0.142. The molecule has 0 radical (unpaired) electrons. The maximum Gasteiger partial charge on any atom is 0.306 e. The predicted octanol–water partition coefficient (Wildman–Crippen LogP) is 2.47. The first-order valence-electron chi connectivity index (χ1n) is 8.71. The lowest BCUT2D eigenvalue weighted by Gasteiger charge is -2.11. The van der Waals surface area contributed by atoms with Crippen molar-refractivity contribution >= 4 is 46.5 Å². The minimum absolute atomic E-state index is 0.0302. The van der Waals surface area contributed by atoms with E-state index in [2.05, 4.69) is 20.7 Å². The molecular weight excluding hydrogens is 394 g/mol. The standard InChI is InChI=1S/C20H21N3O5S/c1-27-19(26)11-10-17(24)23-20(29)22-15-7-5-6-14(12-15)21-18(25)13-28-16-8-3-2-4-9-16/h2-9,12H,10-11,13H2,1H3,(H,21,25)(H2,22,23,24,29). The van der Waals surface area contributed by atoms with Crippen molar-refractivity contribution in [3.63, 3.8) is 0 Å². The van der Waals surface area contributed by atoms with Gasteiger partial charge >= 0.3 is 5.97 Å². The molecule has 0 bridgehead atoms. The molecule has 152 valence electrons. The van der Waals surface area contributed by atoms with Crippen LogP contribution in [0.4, 0.5) is 11.4 Å². The summed E-state index contributed by atoms with van der Waals surface area (Å²) < 4.78 is 9.88. The zero-order valence-corrected chi connectivity index (χ0v) is 16.6. The summed E-state index contributed by atoms with van der Waals surface area (Å²) in [5.74, 6) is -0.592. The first kappa shape index (κ1) is 21.8. The van der Waals surface area contributed by atoms with E-state index in [-0.39, 0.29) is 30.5 Å². The number of carbonyl (C=O) groups is 3. The van der Waals surface area contributed by atoms with Gasteiger partial charge in [-0.2, -0.15) is 0 Å². The van der Waals surface area contributed by atoms with E-state index in [0.717, 1.165) is 0 Å². The Hall–Kier alpha value is -3.46. The largest absolute Gasteiger partial charge is 0.484 e. The smallest absolute Gasteiger partial charge is 0.306 e. The Morgan fingerprint density at radius 2 is 1.59 bits per heavy atom. The molecule has 0 aliphatic rings. The SMILES string of the molecule is COC(=O)CCC(=O)NC(=S)Nc1cccc(NC(=O)COc2ccccc2)c1.